The maximum Gasteiger partial charge on any atom is 0.249 e. The molecule has 160 valence electrons. The topological polar surface area (TPSA) is 102 Å². The van der Waals surface area contributed by atoms with Crippen molar-refractivity contribution < 1.29 is 19.1 Å². The molecule has 0 aliphatic carbocycles. The molecule has 31 heavy (non-hydrogen) atoms. The smallest absolute Gasteiger partial charge is 0.249 e. The van der Waals surface area contributed by atoms with Crippen molar-refractivity contribution in [2.45, 2.75) is 32.2 Å². The minimum atomic E-state index is -0.709. The molecule has 0 bridgehead atoms. The van der Waals surface area contributed by atoms with Crippen LogP contribution in [-0.4, -0.2) is 34.8 Å². The molecule has 8 nitrogen and oxygen atoms in total. The van der Waals surface area contributed by atoms with Gasteiger partial charge < -0.3 is 14.8 Å². The third-order valence-corrected chi connectivity index (χ3v) is 5.57. The van der Waals surface area contributed by atoms with Crippen LogP contribution in [0.15, 0.2) is 48.5 Å². The second-order valence-electron chi connectivity index (χ2n) is 7.03. The maximum atomic E-state index is 12.9. The van der Waals surface area contributed by atoms with Crippen LogP contribution in [0.5, 0.6) is 11.5 Å². The Balaban J connectivity index is 1.47. The standard InChI is InChI=1S/C22H22N4O4S/c1-2-6-19(27)23-16(11-14-7-4-3-5-8-14)20(28)24-22-26-25-21(31-22)15-9-10-17-18(12-15)30-13-29-17/h3-5,7-10,12,16H,2,6,11,13H2,1H3,(H,23,27)(H,24,26,28). The van der Waals surface area contributed by atoms with E-state index in [1.807, 2.05) is 55.5 Å². The van der Waals surface area contributed by atoms with E-state index in [4.69, 9.17) is 9.47 Å². The first-order valence-corrected chi connectivity index (χ1v) is 10.8. The number of hydrogen-bond acceptors (Lipinski definition) is 7. The van der Waals surface area contributed by atoms with Crippen LogP contribution in [0.1, 0.15) is 25.3 Å². The third kappa shape index (κ3) is 5.18. The van der Waals surface area contributed by atoms with Gasteiger partial charge in [0, 0.05) is 18.4 Å². The molecule has 2 heterocycles. The van der Waals surface area contributed by atoms with Crippen LogP contribution in [0.2, 0.25) is 0 Å². The van der Waals surface area contributed by atoms with Gasteiger partial charge >= 0.3 is 0 Å². The number of hydrogen-bond donors (Lipinski definition) is 2. The number of amides is 2. The quantitative estimate of drug-likeness (QED) is 0.559. The summed E-state index contributed by atoms with van der Waals surface area (Å²) in [5, 5.41) is 14.9. The van der Waals surface area contributed by atoms with Crippen LogP contribution < -0.4 is 20.1 Å². The lowest BCUT2D eigenvalue weighted by molar-refractivity contribution is -0.126. The summed E-state index contributed by atoms with van der Waals surface area (Å²) in [4.78, 5) is 25.1. The maximum absolute atomic E-state index is 12.9. The molecule has 2 aromatic carbocycles. The molecule has 0 saturated carbocycles. The average molecular weight is 439 g/mol. The lowest BCUT2D eigenvalue weighted by Gasteiger charge is -2.17. The van der Waals surface area contributed by atoms with Gasteiger partial charge in [-0.05, 0) is 30.2 Å². The zero-order chi connectivity index (χ0) is 21.6. The van der Waals surface area contributed by atoms with Gasteiger partial charge in [-0.3, -0.25) is 14.9 Å². The van der Waals surface area contributed by atoms with Gasteiger partial charge in [0.1, 0.15) is 11.0 Å². The predicted octanol–water partition coefficient (Wildman–Crippen LogP) is 3.40. The summed E-state index contributed by atoms with van der Waals surface area (Å²) >= 11 is 1.25. The number of rotatable bonds is 8. The molecule has 1 aliphatic rings. The first-order valence-electron chi connectivity index (χ1n) is 10.00. The lowest BCUT2D eigenvalue weighted by Crippen LogP contribution is -2.45. The monoisotopic (exact) mass is 438 g/mol. The first-order chi connectivity index (χ1) is 15.1. The number of carbonyl (C=O) groups excluding carboxylic acids is 2. The summed E-state index contributed by atoms with van der Waals surface area (Å²) in [7, 11) is 0. The highest BCUT2D eigenvalue weighted by Gasteiger charge is 2.23. The Kier molecular flexibility index (Phi) is 6.42. The van der Waals surface area contributed by atoms with Gasteiger partial charge in [-0.2, -0.15) is 0 Å². The van der Waals surface area contributed by atoms with E-state index in [0.717, 1.165) is 11.1 Å². The summed E-state index contributed by atoms with van der Waals surface area (Å²) in [6, 6.07) is 14.4. The zero-order valence-electron chi connectivity index (χ0n) is 17.0. The van der Waals surface area contributed by atoms with Gasteiger partial charge in [0.05, 0.1) is 0 Å². The minimum absolute atomic E-state index is 0.156. The Bertz CT molecular complexity index is 1070. The normalized spacial score (nSPS) is 12.9. The van der Waals surface area contributed by atoms with Crippen LogP contribution >= 0.6 is 11.3 Å². The fraction of sp³-hybridized carbons (Fsp3) is 0.273. The van der Waals surface area contributed by atoms with Crippen LogP contribution in [0.4, 0.5) is 5.13 Å². The van der Waals surface area contributed by atoms with Gasteiger partial charge in [0.15, 0.2) is 11.5 Å². The summed E-state index contributed by atoms with van der Waals surface area (Å²) in [6.07, 6.45) is 1.46. The molecule has 0 fully saturated rings. The van der Waals surface area contributed by atoms with E-state index >= 15 is 0 Å². The molecule has 1 aliphatic heterocycles. The van der Waals surface area contributed by atoms with E-state index in [1.54, 1.807) is 0 Å². The summed E-state index contributed by atoms with van der Waals surface area (Å²) < 4.78 is 10.7. The number of benzene rings is 2. The van der Waals surface area contributed by atoms with Gasteiger partial charge in [-0.15, -0.1) is 10.2 Å². The number of aromatic nitrogens is 2. The van der Waals surface area contributed by atoms with Gasteiger partial charge in [0.25, 0.3) is 0 Å². The Morgan fingerprint density at radius 1 is 1.10 bits per heavy atom. The molecule has 4 rings (SSSR count). The van der Waals surface area contributed by atoms with E-state index in [0.29, 0.717) is 40.9 Å². The molecule has 1 aromatic heterocycles. The molecule has 2 amide bonds. The largest absolute Gasteiger partial charge is 0.454 e. The highest BCUT2D eigenvalue weighted by Crippen LogP contribution is 2.37. The second-order valence-corrected chi connectivity index (χ2v) is 8.01. The Labute approximate surface area is 183 Å². The van der Waals surface area contributed by atoms with Gasteiger partial charge in [-0.1, -0.05) is 48.6 Å². The fourth-order valence-electron chi connectivity index (χ4n) is 3.17. The van der Waals surface area contributed by atoms with Gasteiger partial charge in [-0.25, -0.2) is 0 Å². The molecule has 0 radical (unpaired) electrons. The number of nitrogens with zero attached hydrogens (tertiary/aromatic N) is 2. The van der Waals surface area contributed by atoms with Crippen LogP contribution in [0.3, 0.4) is 0 Å². The van der Waals surface area contributed by atoms with Crippen molar-refractivity contribution >= 4 is 28.3 Å². The van der Waals surface area contributed by atoms with Crippen LogP contribution in [0, 0.1) is 0 Å². The van der Waals surface area contributed by atoms with Gasteiger partial charge in [0.2, 0.25) is 23.7 Å². The SMILES string of the molecule is CCCC(=O)NC(Cc1ccccc1)C(=O)Nc1nnc(-c2ccc3c(c2)OCO3)s1. The van der Waals surface area contributed by atoms with E-state index in [-0.39, 0.29) is 18.6 Å². The van der Waals surface area contributed by atoms with E-state index in [2.05, 4.69) is 20.8 Å². The molecule has 2 N–H and O–H groups in total. The molecular weight excluding hydrogens is 416 g/mol. The zero-order valence-corrected chi connectivity index (χ0v) is 17.8. The number of nitrogens with one attached hydrogen (secondary N) is 2. The number of ether oxygens (including phenoxy) is 2. The Morgan fingerprint density at radius 2 is 1.90 bits per heavy atom. The van der Waals surface area contributed by atoms with E-state index < -0.39 is 6.04 Å². The summed E-state index contributed by atoms with van der Waals surface area (Å²) in [6.45, 7) is 2.12. The molecule has 1 atom stereocenters. The molecular formula is C22H22N4O4S. The minimum Gasteiger partial charge on any atom is -0.454 e. The Morgan fingerprint density at radius 3 is 2.71 bits per heavy atom. The van der Waals surface area contributed by atoms with E-state index in [9.17, 15) is 9.59 Å². The van der Waals surface area contributed by atoms with Crippen molar-refractivity contribution in [1.82, 2.24) is 15.5 Å². The van der Waals surface area contributed by atoms with Crippen molar-refractivity contribution in [3.05, 3.63) is 54.1 Å². The highest BCUT2D eigenvalue weighted by atomic mass is 32.1. The average Bonchev–Trinajstić information content (AvgIpc) is 3.43. The summed E-state index contributed by atoms with van der Waals surface area (Å²) in [5.74, 6) is 0.854. The molecule has 0 saturated heterocycles. The molecule has 1 unspecified atom stereocenters. The number of fused-ring (bicyclic) bond motifs is 1. The molecule has 0 spiro atoms. The van der Waals surface area contributed by atoms with Crippen molar-refractivity contribution in [2.24, 2.45) is 0 Å². The van der Waals surface area contributed by atoms with Crippen molar-refractivity contribution in [2.75, 3.05) is 12.1 Å². The predicted molar refractivity (Wildman–Crippen MR) is 117 cm³/mol. The van der Waals surface area contributed by atoms with Crippen LogP contribution in [-0.2, 0) is 16.0 Å². The fourth-order valence-corrected chi connectivity index (χ4v) is 3.91. The lowest BCUT2D eigenvalue weighted by atomic mass is 10.1. The summed E-state index contributed by atoms with van der Waals surface area (Å²) in [5.41, 5.74) is 1.78. The molecule has 9 heteroatoms. The van der Waals surface area contributed by atoms with E-state index in [1.165, 1.54) is 11.3 Å². The number of carbonyl (C=O) groups is 2. The second kappa shape index (κ2) is 9.57. The Hall–Kier alpha value is -3.46. The van der Waals surface area contributed by atoms with Crippen molar-refractivity contribution in [3.8, 4) is 22.1 Å². The molecule has 3 aromatic rings. The number of anilines is 1. The highest BCUT2D eigenvalue weighted by molar-refractivity contribution is 7.18. The third-order valence-electron chi connectivity index (χ3n) is 4.69. The van der Waals surface area contributed by atoms with Crippen molar-refractivity contribution in [3.63, 3.8) is 0 Å². The van der Waals surface area contributed by atoms with Crippen molar-refractivity contribution in [1.29, 1.82) is 0 Å². The van der Waals surface area contributed by atoms with Crippen LogP contribution in [0.25, 0.3) is 10.6 Å². The first kappa shape index (κ1) is 20.8.